The predicted octanol–water partition coefficient (Wildman–Crippen LogP) is 4.57. The van der Waals surface area contributed by atoms with Crippen LogP contribution in [0, 0.1) is 0 Å². The number of carbonyl (C=O) groups excluding carboxylic acids is 2. The third kappa shape index (κ3) is 6.64. The van der Waals surface area contributed by atoms with Gasteiger partial charge in [0.05, 0.1) is 16.6 Å². The minimum absolute atomic E-state index is 0.201. The first-order chi connectivity index (χ1) is 12.7. The van der Waals surface area contributed by atoms with Crippen LogP contribution in [0.3, 0.4) is 0 Å². The molecule has 9 heteroatoms. The van der Waals surface area contributed by atoms with Crippen LogP contribution in [0.15, 0.2) is 0 Å². The molecule has 2 aliphatic heterocycles. The summed E-state index contributed by atoms with van der Waals surface area (Å²) in [6.07, 6.45) is -1.22. The standard InChI is InChI=1S/C19H33NO5S3/c1-12(23-9-13-10-26-19(7,8)28-13)24-16(22)20-11-27-18(5,6)14(20)15(21)25-17(2,3)4/h12-14H,9-11H2,1-8H3/t12?,13?,14-/m0/s1. The summed E-state index contributed by atoms with van der Waals surface area (Å²) in [6.45, 7) is 16.0. The summed E-state index contributed by atoms with van der Waals surface area (Å²) in [5.74, 6) is 0.997. The lowest BCUT2D eigenvalue weighted by molar-refractivity contribution is -0.162. The van der Waals surface area contributed by atoms with Crippen molar-refractivity contribution in [2.45, 2.75) is 87.4 Å². The monoisotopic (exact) mass is 451 g/mol. The van der Waals surface area contributed by atoms with Gasteiger partial charge in [-0.05, 0) is 55.4 Å². The Bertz CT molecular complexity index is 591. The van der Waals surface area contributed by atoms with E-state index in [1.807, 2.05) is 58.1 Å². The van der Waals surface area contributed by atoms with Gasteiger partial charge in [-0.1, -0.05) is 0 Å². The van der Waals surface area contributed by atoms with Crippen LogP contribution >= 0.6 is 35.3 Å². The van der Waals surface area contributed by atoms with Gasteiger partial charge in [-0.15, -0.1) is 35.3 Å². The van der Waals surface area contributed by atoms with Crippen LogP contribution in [-0.2, 0) is 19.0 Å². The maximum Gasteiger partial charge on any atom is 0.413 e. The summed E-state index contributed by atoms with van der Waals surface area (Å²) in [7, 11) is 0. The Hall–Kier alpha value is -0.250. The Kier molecular flexibility index (Phi) is 7.60. The molecule has 28 heavy (non-hydrogen) atoms. The van der Waals surface area contributed by atoms with Crippen LogP contribution in [-0.4, -0.2) is 67.2 Å². The molecule has 2 rings (SSSR count). The maximum atomic E-state index is 12.7. The van der Waals surface area contributed by atoms with Gasteiger partial charge >= 0.3 is 12.1 Å². The molecule has 2 heterocycles. The topological polar surface area (TPSA) is 65.1 Å². The van der Waals surface area contributed by atoms with Crippen LogP contribution in [0.5, 0.6) is 0 Å². The summed E-state index contributed by atoms with van der Waals surface area (Å²) in [5, 5.41) is 0.386. The van der Waals surface area contributed by atoms with Crippen molar-refractivity contribution in [1.82, 2.24) is 4.90 Å². The number of hydrogen-bond acceptors (Lipinski definition) is 8. The molecule has 6 nitrogen and oxygen atoms in total. The van der Waals surface area contributed by atoms with Crippen molar-refractivity contribution in [1.29, 1.82) is 0 Å². The van der Waals surface area contributed by atoms with Gasteiger partial charge in [-0.2, -0.15) is 0 Å². The van der Waals surface area contributed by atoms with E-state index in [-0.39, 0.29) is 4.08 Å². The fourth-order valence-electron chi connectivity index (χ4n) is 3.02. The van der Waals surface area contributed by atoms with Crippen LogP contribution in [0.4, 0.5) is 4.79 Å². The number of ether oxygens (including phenoxy) is 3. The zero-order chi connectivity index (χ0) is 21.3. The molecule has 0 aliphatic carbocycles. The maximum absolute atomic E-state index is 12.7. The lowest BCUT2D eigenvalue weighted by Crippen LogP contribution is -2.51. The molecule has 2 unspecified atom stereocenters. The number of hydrogen-bond donors (Lipinski definition) is 0. The van der Waals surface area contributed by atoms with Crippen molar-refractivity contribution in [3.8, 4) is 0 Å². The summed E-state index contributed by atoms with van der Waals surface area (Å²) in [4.78, 5) is 26.9. The van der Waals surface area contributed by atoms with Gasteiger partial charge < -0.3 is 14.2 Å². The van der Waals surface area contributed by atoms with Gasteiger partial charge in [0, 0.05) is 15.7 Å². The van der Waals surface area contributed by atoms with Crippen molar-refractivity contribution in [2.75, 3.05) is 18.2 Å². The lowest BCUT2D eigenvalue weighted by Gasteiger charge is -2.32. The molecule has 0 saturated carbocycles. The number of thioether (sulfide) groups is 3. The lowest BCUT2D eigenvalue weighted by atomic mass is 10.0. The van der Waals surface area contributed by atoms with Crippen LogP contribution in [0.2, 0.25) is 0 Å². The molecule has 0 N–H and O–H groups in total. The average Bonchev–Trinajstić information content (AvgIpc) is 3.02. The highest BCUT2D eigenvalue weighted by atomic mass is 32.2. The molecule has 0 bridgehead atoms. The van der Waals surface area contributed by atoms with E-state index in [9.17, 15) is 9.59 Å². The number of esters is 1. The number of rotatable bonds is 5. The highest BCUT2D eigenvalue weighted by Gasteiger charge is 2.50. The van der Waals surface area contributed by atoms with E-state index in [4.69, 9.17) is 14.2 Å². The van der Waals surface area contributed by atoms with E-state index >= 15 is 0 Å². The van der Waals surface area contributed by atoms with Crippen molar-refractivity contribution in [3.63, 3.8) is 0 Å². The molecule has 2 saturated heterocycles. The molecule has 3 atom stereocenters. The first-order valence-corrected chi connectivity index (χ1v) is 12.3. The molecule has 1 amide bonds. The Morgan fingerprint density at radius 2 is 1.82 bits per heavy atom. The molecular formula is C19H33NO5S3. The average molecular weight is 452 g/mol. The molecule has 0 radical (unpaired) electrons. The van der Waals surface area contributed by atoms with Crippen molar-refractivity contribution in [3.05, 3.63) is 0 Å². The second-order valence-corrected chi connectivity index (χ2v) is 14.4. The summed E-state index contributed by atoms with van der Waals surface area (Å²) >= 11 is 5.34. The van der Waals surface area contributed by atoms with Gasteiger partial charge in [0.15, 0.2) is 0 Å². The highest BCUT2D eigenvalue weighted by molar-refractivity contribution is 8.21. The van der Waals surface area contributed by atoms with E-state index in [0.29, 0.717) is 17.7 Å². The fourth-order valence-corrected chi connectivity index (χ4v) is 7.12. The fraction of sp³-hybridized carbons (Fsp3) is 0.895. The smallest absolute Gasteiger partial charge is 0.413 e. The van der Waals surface area contributed by atoms with Gasteiger partial charge in [0.25, 0.3) is 0 Å². The second kappa shape index (κ2) is 8.86. The number of amides is 1. The molecule has 2 fully saturated rings. The normalized spacial score (nSPS) is 27.5. The third-order valence-corrected chi connectivity index (χ3v) is 8.96. The summed E-state index contributed by atoms with van der Waals surface area (Å²) < 4.78 is 16.5. The van der Waals surface area contributed by atoms with Crippen LogP contribution in [0.1, 0.15) is 55.4 Å². The molecule has 162 valence electrons. The Labute approximate surface area is 181 Å². The van der Waals surface area contributed by atoms with Gasteiger partial charge in [0.1, 0.15) is 11.6 Å². The predicted molar refractivity (Wildman–Crippen MR) is 118 cm³/mol. The van der Waals surface area contributed by atoms with Crippen LogP contribution < -0.4 is 0 Å². The van der Waals surface area contributed by atoms with E-state index in [1.54, 1.807) is 6.92 Å². The van der Waals surface area contributed by atoms with Crippen molar-refractivity contribution in [2.24, 2.45) is 0 Å². The first-order valence-electron chi connectivity index (χ1n) is 9.48. The molecule has 0 aromatic heterocycles. The Morgan fingerprint density at radius 1 is 1.18 bits per heavy atom. The third-order valence-electron chi connectivity index (χ3n) is 4.26. The van der Waals surface area contributed by atoms with Gasteiger partial charge in [-0.3, -0.25) is 4.90 Å². The molecular weight excluding hydrogens is 418 g/mol. The van der Waals surface area contributed by atoms with Crippen LogP contribution in [0.25, 0.3) is 0 Å². The number of carbonyl (C=O) groups is 2. The van der Waals surface area contributed by atoms with E-state index in [1.165, 1.54) is 16.7 Å². The van der Waals surface area contributed by atoms with E-state index in [0.717, 1.165) is 5.75 Å². The first kappa shape index (κ1) is 24.0. The zero-order valence-electron chi connectivity index (χ0n) is 18.1. The highest BCUT2D eigenvalue weighted by Crippen LogP contribution is 2.47. The van der Waals surface area contributed by atoms with Crippen molar-refractivity contribution >= 4 is 47.3 Å². The van der Waals surface area contributed by atoms with Crippen molar-refractivity contribution < 1.29 is 23.8 Å². The summed E-state index contributed by atoms with van der Waals surface area (Å²) in [6, 6.07) is -0.695. The largest absolute Gasteiger partial charge is 0.458 e. The second-order valence-electron chi connectivity index (χ2n) is 9.02. The molecule has 2 aliphatic rings. The van der Waals surface area contributed by atoms with E-state index < -0.39 is 34.7 Å². The SMILES string of the molecule is CC(OCC1CSC(C)(C)S1)OC(=O)N1CSC(C)(C)[C@@H]1C(=O)OC(C)(C)C. The van der Waals surface area contributed by atoms with Gasteiger partial charge in [-0.25, -0.2) is 9.59 Å². The quantitative estimate of drug-likeness (QED) is 0.445. The minimum atomic E-state index is -0.695. The molecule has 0 aromatic rings. The molecule has 0 aromatic carbocycles. The Balaban J connectivity index is 1.91. The number of nitrogens with zero attached hydrogens (tertiary/aromatic N) is 1. The minimum Gasteiger partial charge on any atom is -0.458 e. The summed E-state index contributed by atoms with van der Waals surface area (Å²) in [5.41, 5.74) is -0.614. The zero-order valence-corrected chi connectivity index (χ0v) is 20.5. The molecule has 0 spiro atoms. The Morgan fingerprint density at radius 3 is 2.36 bits per heavy atom. The van der Waals surface area contributed by atoms with Gasteiger partial charge in [0.2, 0.25) is 6.29 Å². The van der Waals surface area contributed by atoms with E-state index in [2.05, 4.69) is 13.8 Å².